The molecule has 30 heavy (non-hydrogen) atoms. The molecular weight excluding hydrogens is 386 g/mol. The van der Waals surface area contributed by atoms with E-state index in [1.807, 2.05) is 53.4 Å². The standard InChI is InChI=1S/C22H39N3O5/c1-10-17(26)29-14-13-23-18(27)16(4)30-25-21(8,9)15-24(20(5,6)7)19(28)22(25,11-2)12-3/h10,16H,1,11-15H2,2-9H3,(H,23,27). The Hall–Kier alpha value is -1.93. The number of nitrogens with one attached hydrogen (secondary N) is 1. The number of hydrogen-bond donors (Lipinski definition) is 1. The maximum Gasteiger partial charge on any atom is 0.330 e. The molecule has 2 amide bonds. The highest BCUT2D eigenvalue weighted by Crippen LogP contribution is 2.41. The summed E-state index contributed by atoms with van der Waals surface area (Å²) < 4.78 is 4.86. The van der Waals surface area contributed by atoms with Crippen molar-refractivity contribution < 1.29 is 24.0 Å². The smallest absolute Gasteiger partial charge is 0.330 e. The van der Waals surface area contributed by atoms with E-state index in [9.17, 15) is 14.4 Å². The van der Waals surface area contributed by atoms with Crippen LogP contribution in [0.1, 0.15) is 68.2 Å². The third kappa shape index (κ3) is 5.60. The van der Waals surface area contributed by atoms with Gasteiger partial charge in [-0.3, -0.25) is 14.4 Å². The van der Waals surface area contributed by atoms with Crippen LogP contribution < -0.4 is 5.32 Å². The van der Waals surface area contributed by atoms with Gasteiger partial charge in [0.1, 0.15) is 12.1 Å². The molecule has 0 aromatic carbocycles. The first-order chi connectivity index (χ1) is 13.8. The molecule has 0 aromatic heterocycles. The molecule has 1 unspecified atom stereocenters. The van der Waals surface area contributed by atoms with Gasteiger partial charge in [-0.25, -0.2) is 4.79 Å². The van der Waals surface area contributed by atoms with Gasteiger partial charge in [0.25, 0.3) is 5.91 Å². The van der Waals surface area contributed by atoms with E-state index in [1.165, 1.54) is 0 Å². The number of nitrogens with zero attached hydrogens (tertiary/aromatic N) is 2. The Bertz CT molecular complexity index is 650. The van der Waals surface area contributed by atoms with E-state index in [-0.39, 0.29) is 30.5 Å². The Labute approximate surface area is 180 Å². The van der Waals surface area contributed by atoms with Gasteiger partial charge < -0.3 is 15.0 Å². The monoisotopic (exact) mass is 425 g/mol. The molecular formula is C22H39N3O5. The molecule has 1 N–H and O–H groups in total. The minimum Gasteiger partial charge on any atom is -0.461 e. The Morgan fingerprint density at radius 1 is 1.27 bits per heavy atom. The van der Waals surface area contributed by atoms with Crippen molar-refractivity contribution in [2.45, 2.75) is 91.0 Å². The summed E-state index contributed by atoms with van der Waals surface area (Å²) >= 11 is 0. The van der Waals surface area contributed by atoms with E-state index in [1.54, 1.807) is 12.0 Å². The minimum atomic E-state index is -0.858. The summed E-state index contributed by atoms with van der Waals surface area (Å²) in [5.41, 5.74) is -1.67. The van der Waals surface area contributed by atoms with Gasteiger partial charge in [0, 0.05) is 18.2 Å². The molecule has 0 aromatic rings. The van der Waals surface area contributed by atoms with Crippen molar-refractivity contribution in [3.63, 3.8) is 0 Å². The number of rotatable bonds is 9. The molecule has 1 aliphatic heterocycles. The summed E-state index contributed by atoms with van der Waals surface area (Å²) in [5.74, 6) is -0.864. The molecule has 1 saturated heterocycles. The van der Waals surface area contributed by atoms with Crippen LogP contribution in [-0.2, 0) is 24.0 Å². The van der Waals surface area contributed by atoms with Crippen molar-refractivity contribution in [2.75, 3.05) is 19.7 Å². The van der Waals surface area contributed by atoms with Crippen LogP contribution in [0.2, 0.25) is 0 Å². The Kier molecular flexibility index (Phi) is 8.63. The van der Waals surface area contributed by atoms with Gasteiger partial charge in [-0.15, -0.1) is 0 Å². The van der Waals surface area contributed by atoms with E-state index >= 15 is 0 Å². The molecule has 0 spiro atoms. The molecule has 8 heteroatoms. The second kappa shape index (κ2) is 9.92. The van der Waals surface area contributed by atoms with E-state index in [4.69, 9.17) is 9.57 Å². The number of hydrogen-bond acceptors (Lipinski definition) is 6. The van der Waals surface area contributed by atoms with Crippen molar-refractivity contribution in [3.8, 4) is 0 Å². The van der Waals surface area contributed by atoms with Crippen LogP contribution in [0.4, 0.5) is 0 Å². The first-order valence-electron chi connectivity index (χ1n) is 10.6. The molecule has 0 aliphatic carbocycles. The lowest BCUT2D eigenvalue weighted by Crippen LogP contribution is -2.75. The van der Waals surface area contributed by atoms with Crippen LogP contribution in [0.25, 0.3) is 0 Å². The average Bonchev–Trinajstić information content (AvgIpc) is 2.67. The Balaban J connectivity index is 2.99. The fraction of sp³-hybridized carbons (Fsp3) is 0.773. The second-order valence-corrected chi connectivity index (χ2v) is 9.32. The molecule has 1 aliphatic rings. The quantitative estimate of drug-likeness (QED) is 0.347. The summed E-state index contributed by atoms with van der Waals surface area (Å²) in [5, 5.41) is 4.43. The number of amides is 2. The second-order valence-electron chi connectivity index (χ2n) is 9.32. The number of carbonyl (C=O) groups excluding carboxylic acids is 3. The molecule has 0 bridgehead atoms. The highest BCUT2D eigenvalue weighted by atomic mass is 16.7. The topological polar surface area (TPSA) is 88.2 Å². The van der Waals surface area contributed by atoms with Gasteiger partial charge in [0.15, 0.2) is 6.10 Å². The van der Waals surface area contributed by atoms with Crippen molar-refractivity contribution in [1.29, 1.82) is 0 Å². The lowest BCUT2D eigenvalue weighted by atomic mass is 9.80. The van der Waals surface area contributed by atoms with E-state index in [0.29, 0.717) is 19.4 Å². The molecule has 1 atom stereocenters. The van der Waals surface area contributed by atoms with Gasteiger partial charge in [-0.2, -0.15) is 5.06 Å². The van der Waals surface area contributed by atoms with Crippen molar-refractivity contribution >= 4 is 17.8 Å². The number of carbonyl (C=O) groups is 3. The first-order valence-corrected chi connectivity index (χ1v) is 10.6. The molecule has 172 valence electrons. The summed E-state index contributed by atoms with van der Waals surface area (Å²) in [7, 11) is 0. The molecule has 1 heterocycles. The zero-order valence-corrected chi connectivity index (χ0v) is 19.8. The largest absolute Gasteiger partial charge is 0.461 e. The van der Waals surface area contributed by atoms with Crippen LogP contribution in [0.5, 0.6) is 0 Å². The zero-order valence-electron chi connectivity index (χ0n) is 19.8. The van der Waals surface area contributed by atoms with Crippen molar-refractivity contribution in [2.24, 2.45) is 0 Å². The molecule has 8 nitrogen and oxygen atoms in total. The predicted octanol–water partition coefficient (Wildman–Crippen LogP) is 2.43. The lowest BCUT2D eigenvalue weighted by Gasteiger charge is -2.59. The highest BCUT2D eigenvalue weighted by Gasteiger charge is 2.57. The molecule has 1 fully saturated rings. The molecule has 0 saturated carbocycles. The maximum absolute atomic E-state index is 13.6. The SMILES string of the molecule is C=CC(=O)OCCNC(=O)C(C)ON1C(C)(C)CN(C(C)(C)C)C(=O)C1(CC)CC. The Morgan fingerprint density at radius 2 is 1.83 bits per heavy atom. The fourth-order valence-corrected chi connectivity index (χ4v) is 3.80. The summed E-state index contributed by atoms with van der Waals surface area (Å²) in [6, 6.07) is 0. The van der Waals surface area contributed by atoms with Crippen LogP contribution in [0.3, 0.4) is 0 Å². The van der Waals surface area contributed by atoms with Gasteiger partial charge >= 0.3 is 5.97 Å². The number of esters is 1. The van der Waals surface area contributed by atoms with Crippen LogP contribution in [0.15, 0.2) is 12.7 Å². The predicted molar refractivity (Wildman–Crippen MR) is 115 cm³/mol. The average molecular weight is 426 g/mol. The molecule has 0 radical (unpaired) electrons. The van der Waals surface area contributed by atoms with Gasteiger partial charge in [-0.05, 0) is 54.4 Å². The highest BCUT2D eigenvalue weighted by molar-refractivity contribution is 5.88. The van der Waals surface area contributed by atoms with Gasteiger partial charge in [0.05, 0.1) is 12.1 Å². The first kappa shape index (κ1) is 26.1. The number of piperazine rings is 1. The summed E-state index contributed by atoms with van der Waals surface area (Å²) in [6.45, 7) is 19.8. The van der Waals surface area contributed by atoms with Crippen molar-refractivity contribution in [1.82, 2.24) is 15.3 Å². The van der Waals surface area contributed by atoms with E-state index in [2.05, 4.69) is 11.9 Å². The van der Waals surface area contributed by atoms with Gasteiger partial charge in [0.2, 0.25) is 5.91 Å². The van der Waals surface area contributed by atoms with Gasteiger partial charge in [-0.1, -0.05) is 20.4 Å². The summed E-state index contributed by atoms with van der Waals surface area (Å²) in [4.78, 5) is 45.2. The number of hydroxylamine groups is 2. The van der Waals surface area contributed by atoms with E-state index in [0.717, 1.165) is 6.08 Å². The lowest BCUT2D eigenvalue weighted by molar-refractivity contribution is -0.304. The van der Waals surface area contributed by atoms with E-state index < -0.39 is 23.2 Å². The third-order valence-electron chi connectivity index (χ3n) is 5.55. The Morgan fingerprint density at radius 3 is 2.30 bits per heavy atom. The van der Waals surface area contributed by atoms with Crippen LogP contribution >= 0.6 is 0 Å². The minimum absolute atomic E-state index is 0.0169. The molecule has 1 rings (SSSR count). The van der Waals surface area contributed by atoms with Crippen LogP contribution in [0, 0.1) is 0 Å². The normalized spacial score (nSPS) is 19.9. The van der Waals surface area contributed by atoms with Crippen LogP contribution in [-0.4, -0.2) is 70.2 Å². The number of ether oxygens (including phenoxy) is 1. The zero-order chi connectivity index (χ0) is 23.3. The third-order valence-corrected chi connectivity index (χ3v) is 5.55. The summed E-state index contributed by atoms with van der Waals surface area (Å²) in [6.07, 6.45) is 1.37. The maximum atomic E-state index is 13.6. The fourth-order valence-electron chi connectivity index (χ4n) is 3.80. The van der Waals surface area contributed by atoms with Crippen molar-refractivity contribution in [3.05, 3.63) is 12.7 Å².